The van der Waals surface area contributed by atoms with Gasteiger partial charge >= 0.3 is 6.03 Å². The second-order valence-electron chi connectivity index (χ2n) is 10.6. The summed E-state index contributed by atoms with van der Waals surface area (Å²) in [6.45, 7) is 5.71. The van der Waals surface area contributed by atoms with Gasteiger partial charge in [0.1, 0.15) is 10.8 Å². The van der Waals surface area contributed by atoms with Crippen molar-refractivity contribution in [2.45, 2.75) is 57.6 Å². The highest BCUT2D eigenvalue weighted by atomic mass is 32.1. The Hall–Kier alpha value is -2.84. The summed E-state index contributed by atoms with van der Waals surface area (Å²) in [5.74, 6) is 1.84. The van der Waals surface area contributed by atoms with Gasteiger partial charge in [-0.05, 0) is 75.1 Å². The minimum atomic E-state index is 0.0272. The molecule has 1 saturated carbocycles. The molecule has 8 heteroatoms. The Bertz CT molecular complexity index is 1170. The van der Waals surface area contributed by atoms with Crippen molar-refractivity contribution in [1.29, 1.82) is 0 Å². The number of thiazole rings is 1. The third kappa shape index (κ3) is 5.55. The summed E-state index contributed by atoms with van der Waals surface area (Å²) in [5.41, 5.74) is 3.36. The van der Waals surface area contributed by atoms with Gasteiger partial charge in [0.25, 0.3) is 0 Å². The maximum atomic E-state index is 13.0. The van der Waals surface area contributed by atoms with Crippen LogP contribution >= 0.6 is 11.3 Å². The van der Waals surface area contributed by atoms with Crippen molar-refractivity contribution in [3.8, 4) is 16.3 Å². The molecule has 2 fully saturated rings. The summed E-state index contributed by atoms with van der Waals surface area (Å²) in [5, 5.41) is 16.9. The molecule has 0 radical (unpaired) electrons. The van der Waals surface area contributed by atoms with Crippen LogP contribution in [0.3, 0.4) is 0 Å². The van der Waals surface area contributed by atoms with Gasteiger partial charge in [-0.1, -0.05) is 18.2 Å². The number of carbonyl (C=O) groups excluding carboxylic acids is 1. The Labute approximate surface area is 223 Å². The Morgan fingerprint density at radius 2 is 2.05 bits per heavy atom. The van der Waals surface area contributed by atoms with Gasteiger partial charge in [0.2, 0.25) is 0 Å². The van der Waals surface area contributed by atoms with E-state index in [0.29, 0.717) is 11.8 Å². The molecule has 7 nitrogen and oxygen atoms in total. The third-order valence-corrected chi connectivity index (χ3v) is 8.95. The van der Waals surface area contributed by atoms with Crippen molar-refractivity contribution in [3.05, 3.63) is 53.1 Å². The molecule has 0 spiro atoms. The largest absolute Gasteiger partial charge is 0.489 e. The summed E-state index contributed by atoms with van der Waals surface area (Å²) >= 11 is 1.75. The summed E-state index contributed by atoms with van der Waals surface area (Å²) in [4.78, 5) is 20.9. The highest BCUT2D eigenvalue weighted by molar-refractivity contribution is 7.15. The molecule has 5 rings (SSSR count). The fourth-order valence-corrected chi connectivity index (χ4v) is 6.84. The van der Waals surface area contributed by atoms with Gasteiger partial charge in [-0.2, -0.15) is 0 Å². The molecule has 2 unspecified atom stereocenters. The lowest BCUT2D eigenvalue weighted by atomic mass is 9.83. The molecule has 0 bridgehead atoms. The summed E-state index contributed by atoms with van der Waals surface area (Å²) in [7, 11) is 1.91. The van der Waals surface area contributed by atoms with Crippen LogP contribution in [-0.4, -0.2) is 59.9 Å². The summed E-state index contributed by atoms with van der Waals surface area (Å²) in [6, 6.07) is 6.31. The summed E-state index contributed by atoms with van der Waals surface area (Å²) < 4.78 is 5.92. The highest BCUT2D eigenvalue weighted by Gasteiger charge is 2.38. The lowest BCUT2D eigenvalue weighted by Gasteiger charge is -2.33. The maximum Gasteiger partial charge on any atom is 0.317 e. The van der Waals surface area contributed by atoms with E-state index < -0.39 is 0 Å². The Balaban J connectivity index is 1.26. The molecule has 2 aliphatic carbocycles. The van der Waals surface area contributed by atoms with Crippen LogP contribution in [0.1, 0.15) is 50.3 Å². The normalized spacial score (nSPS) is 23.6. The average Bonchev–Trinajstić information content (AvgIpc) is 3.56. The van der Waals surface area contributed by atoms with Gasteiger partial charge in [0.15, 0.2) is 0 Å². The van der Waals surface area contributed by atoms with Crippen molar-refractivity contribution < 1.29 is 14.6 Å². The van der Waals surface area contributed by atoms with Crippen LogP contribution < -0.4 is 15.4 Å². The number of benzene rings is 1. The topological polar surface area (TPSA) is 86.7 Å². The monoisotopic (exact) mass is 522 g/mol. The predicted octanol–water partition coefficient (Wildman–Crippen LogP) is 5.41. The average molecular weight is 523 g/mol. The second-order valence-corrected chi connectivity index (χ2v) is 11.6. The molecule has 3 N–H and O–H groups in total. The van der Waals surface area contributed by atoms with E-state index in [1.165, 1.54) is 10.5 Å². The number of aromatic nitrogens is 1. The first-order valence-corrected chi connectivity index (χ1v) is 14.3. The standard InChI is InChI=1S/C29H38N4O3S/c1-18(2)36-26-10-7-20(15-25(26)30-3)28-31-16-27(37-28)23-6-4-5-22-21(23)8-9-24(22)32-29(35)33-13-11-19(17-34)12-14-33/h4-7,10,15-16,18-19,21,23-24,30,34H,8-9,11-14,17H2,1-3H3,(H,32,35)/t21?,23?,24-/m0/s1. The van der Waals surface area contributed by atoms with Crippen LogP contribution in [0, 0.1) is 11.8 Å². The second kappa shape index (κ2) is 11.3. The van der Waals surface area contributed by atoms with E-state index in [2.05, 4.69) is 41.0 Å². The summed E-state index contributed by atoms with van der Waals surface area (Å²) in [6.07, 6.45) is 12.5. The molecule has 1 aromatic carbocycles. The fourth-order valence-electron chi connectivity index (χ4n) is 5.78. The van der Waals surface area contributed by atoms with Gasteiger partial charge in [0, 0.05) is 49.3 Å². The van der Waals surface area contributed by atoms with E-state index in [1.54, 1.807) is 11.3 Å². The number of piperidine rings is 1. The number of rotatable bonds is 7. The number of amides is 2. The molecule has 198 valence electrons. The smallest absolute Gasteiger partial charge is 0.317 e. The van der Waals surface area contributed by atoms with Crippen molar-refractivity contribution in [2.24, 2.45) is 11.8 Å². The van der Waals surface area contributed by atoms with Crippen LogP contribution in [0.2, 0.25) is 0 Å². The quantitative estimate of drug-likeness (QED) is 0.453. The zero-order chi connectivity index (χ0) is 25.9. The van der Waals surface area contributed by atoms with Gasteiger partial charge in [0.05, 0.1) is 17.8 Å². The number of carbonyl (C=O) groups is 1. The molecular weight excluding hydrogens is 484 g/mol. The molecule has 2 amide bonds. The van der Waals surface area contributed by atoms with Gasteiger partial charge in [-0.3, -0.25) is 0 Å². The first-order valence-electron chi connectivity index (χ1n) is 13.5. The minimum Gasteiger partial charge on any atom is -0.489 e. The first-order chi connectivity index (χ1) is 18.0. The molecular formula is C29H38N4O3S. The zero-order valence-electron chi connectivity index (χ0n) is 21.9. The minimum absolute atomic E-state index is 0.0272. The number of hydrogen-bond acceptors (Lipinski definition) is 6. The number of fused-ring (bicyclic) bond motifs is 1. The van der Waals surface area contributed by atoms with Crippen LogP contribution in [0.5, 0.6) is 5.75 Å². The highest BCUT2D eigenvalue weighted by Crippen LogP contribution is 2.46. The lowest BCUT2D eigenvalue weighted by molar-refractivity contribution is 0.136. The maximum absolute atomic E-state index is 13.0. The van der Waals surface area contributed by atoms with E-state index in [4.69, 9.17) is 9.72 Å². The van der Waals surface area contributed by atoms with Crippen molar-refractivity contribution in [2.75, 3.05) is 32.1 Å². The molecule has 3 atom stereocenters. The number of allylic oxidation sites excluding steroid dienone is 3. The van der Waals surface area contributed by atoms with Gasteiger partial charge in [-0.15, -0.1) is 11.3 Å². The number of anilines is 1. The van der Waals surface area contributed by atoms with Crippen molar-refractivity contribution in [1.82, 2.24) is 15.2 Å². The number of aliphatic hydroxyl groups excluding tert-OH is 1. The molecule has 1 saturated heterocycles. The lowest BCUT2D eigenvalue weighted by Crippen LogP contribution is -2.48. The van der Waals surface area contributed by atoms with Gasteiger partial charge in [-0.25, -0.2) is 9.78 Å². The van der Waals surface area contributed by atoms with Crippen LogP contribution in [0.15, 0.2) is 48.2 Å². The predicted molar refractivity (Wildman–Crippen MR) is 149 cm³/mol. The van der Waals surface area contributed by atoms with E-state index in [0.717, 1.165) is 60.8 Å². The first kappa shape index (κ1) is 25.8. The number of urea groups is 1. The van der Waals surface area contributed by atoms with E-state index in [9.17, 15) is 9.90 Å². The molecule has 1 aromatic heterocycles. The molecule has 37 heavy (non-hydrogen) atoms. The molecule has 2 aromatic rings. The number of aliphatic hydroxyl groups is 1. The van der Waals surface area contributed by atoms with Crippen molar-refractivity contribution in [3.63, 3.8) is 0 Å². The van der Waals surface area contributed by atoms with E-state index in [-0.39, 0.29) is 30.7 Å². The van der Waals surface area contributed by atoms with Crippen molar-refractivity contribution >= 4 is 23.1 Å². The Morgan fingerprint density at radius 3 is 2.78 bits per heavy atom. The number of nitrogens with zero attached hydrogens (tertiary/aromatic N) is 2. The SMILES string of the molecule is CNc1cc(-c2ncc(C3C=CC=C4C3CC[C@@H]4NC(=O)N3CCC(CO)CC3)s2)ccc1OC(C)C. The Morgan fingerprint density at radius 1 is 1.24 bits per heavy atom. The zero-order valence-corrected chi connectivity index (χ0v) is 22.8. The number of likely N-dealkylation sites (tertiary alicyclic amines) is 1. The van der Waals surface area contributed by atoms with E-state index >= 15 is 0 Å². The third-order valence-electron chi connectivity index (χ3n) is 7.81. The van der Waals surface area contributed by atoms with Crippen LogP contribution in [0.4, 0.5) is 10.5 Å². The Kier molecular flexibility index (Phi) is 7.86. The molecule has 3 aliphatic rings. The van der Waals surface area contributed by atoms with Gasteiger partial charge < -0.3 is 25.4 Å². The fraction of sp³-hybridized carbons (Fsp3) is 0.517. The number of hydrogen-bond donors (Lipinski definition) is 3. The number of ether oxygens (including phenoxy) is 1. The number of nitrogens with one attached hydrogen (secondary N) is 2. The van der Waals surface area contributed by atoms with Crippen LogP contribution in [0.25, 0.3) is 10.6 Å². The molecule has 2 heterocycles. The molecule has 1 aliphatic heterocycles. The van der Waals surface area contributed by atoms with E-state index in [1.807, 2.05) is 38.1 Å². The van der Waals surface area contributed by atoms with Crippen LogP contribution in [-0.2, 0) is 0 Å².